The van der Waals surface area contributed by atoms with Crippen LogP contribution in [0.4, 0.5) is 0 Å². The van der Waals surface area contributed by atoms with Gasteiger partial charge in [-0.25, -0.2) is 0 Å². The molecule has 0 N–H and O–H groups in total. The Morgan fingerprint density at radius 1 is 0.269 bits per heavy atom. The number of rotatable bonds is 12. The van der Waals surface area contributed by atoms with Crippen LogP contribution < -0.4 is 27.1 Å². The lowest BCUT2D eigenvalue weighted by molar-refractivity contribution is 0.443. The molecule has 7 rings (SSSR count). The Morgan fingerprint density at radius 3 is 0.673 bits per heavy atom. The van der Waals surface area contributed by atoms with Crippen molar-refractivity contribution < 1.29 is 27.1 Å². The van der Waals surface area contributed by atoms with E-state index in [1.165, 1.54) is 0 Å². The fourth-order valence-electron chi connectivity index (χ4n) is 4.94. The second-order valence-corrected chi connectivity index (χ2v) is 18.4. The standard InChI is InChI=1S/C40H38N3O6P3/c1-31-15-23-37(24-16-31)46-50(44-35-11-7-5-8-12-35)41-51(45-36-13-9-6-10-14-36,47-38-25-17-32(2)18-26-38)43-52(42-50,48-39-27-19-33(3)20-28-39)49-40-29-21-34(4)22-30-40/h5-30H,1-4H3. The van der Waals surface area contributed by atoms with Crippen molar-refractivity contribution in [3.63, 3.8) is 0 Å². The SMILES string of the molecule is Cc1ccc(OP2(Oc3ccccc3)=NP(Oc3ccccc3)(Oc3ccc(C)cc3)=NP(Oc3ccc(C)cc3)(Oc3ccc(C)cc3)=N2)cc1. The van der Waals surface area contributed by atoms with E-state index in [0.29, 0.717) is 34.5 Å². The van der Waals surface area contributed by atoms with Gasteiger partial charge in [-0.2, -0.15) is 0 Å². The Labute approximate surface area is 305 Å². The molecule has 2 unspecified atom stereocenters. The molecule has 0 radical (unpaired) electrons. The Kier molecular flexibility index (Phi) is 10.3. The molecule has 0 bridgehead atoms. The van der Waals surface area contributed by atoms with Gasteiger partial charge in [-0.15, -0.1) is 0 Å². The van der Waals surface area contributed by atoms with Gasteiger partial charge >= 0.3 is 23.0 Å². The van der Waals surface area contributed by atoms with Crippen LogP contribution in [0.25, 0.3) is 0 Å². The van der Waals surface area contributed by atoms with Gasteiger partial charge in [-0.05, 0) is 100 Å². The van der Waals surface area contributed by atoms with E-state index in [-0.39, 0.29) is 0 Å². The molecule has 9 nitrogen and oxygen atoms in total. The molecule has 1 heterocycles. The number of hydrogen-bond donors (Lipinski definition) is 0. The lowest BCUT2D eigenvalue weighted by atomic mass is 10.2. The molecule has 52 heavy (non-hydrogen) atoms. The normalized spacial score (nSPS) is 18.8. The first-order valence-electron chi connectivity index (χ1n) is 16.6. The molecule has 0 saturated carbocycles. The van der Waals surface area contributed by atoms with Gasteiger partial charge in [0.25, 0.3) is 0 Å². The van der Waals surface area contributed by atoms with E-state index in [9.17, 15) is 0 Å². The largest absolute Gasteiger partial charge is 0.460 e. The first kappa shape index (κ1) is 35.2. The molecule has 6 aromatic carbocycles. The van der Waals surface area contributed by atoms with Crippen molar-refractivity contribution in [3.8, 4) is 34.5 Å². The molecular weight excluding hydrogens is 711 g/mol. The molecule has 2 atom stereocenters. The second kappa shape index (κ2) is 15.2. The van der Waals surface area contributed by atoms with E-state index < -0.39 is 23.0 Å². The van der Waals surface area contributed by atoms with Crippen LogP contribution >= 0.6 is 23.0 Å². The van der Waals surface area contributed by atoms with Gasteiger partial charge < -0.3 is 27.1 Å². The third kappa shape index (κ3) is 8.81. The highest BCUT2D eigenvalue weighted by Gasteiger charge is 2.48. The molecule has 1 aliphatic heterocycles. The fourth-order valence-corrected chi connectivity index (χ4v) is 14.0. The Bertz CT molecular complexity index is 2160. The minimum Gasteiger partial charge on any atom is -0.413 e. The van der Waals surface area contributed by atoms with Crippen LogP contribution in [0.15, 0.2) is 171 Å². The lowest BCUT2D eigenvalue weighted by Gasteiger charge is -2.33. The zero-order chi connectivity index (χ0) is 36.0. The van der Waals surface area contributed by atoms with Crippen molar-refractivity contribution in [1.82, 2.24) is 0 Å². The number of nitrogens with zero attached hydrogens (tertiary/aromatic N) is 3. The number of aryl methyl sites for hydroxylation is 4. The summed E-state index contributed by atoms with van der Waals surface area (Å²) in [5, 5.41) is 0. The van der Waals surface area contributed by atoms with Crippen LogP contribution in [-0.2, 0) is 0 Å². The molecule has 0 spiro atoms. The highest BCUT2D eigenvalue weighted by atomic mass is 31.3. The molecule has 12 heteroatoms. The summed E-state index contributed by atoms with van der Waals surface area (Å²) in [7, 11) is -11.7. The van der Waals surface area contributed by atoms with Crippen LogP contribution in [0.5, 0.6) is 34.5 Å². The van der Waals surface area contributed by atoms with E-state index in [0.717, 1.165) is 22.3 Å². The van der Waals surface area contributed by atoms with Crippen LogP contribution in [0.2, 0.25) is 0 Å². The van der Waals surface area contributed by atoms with E-state index in [4.69, 9.17) is 40.7 Å². The summed E-state index contributed by atoms with van der Waals surface area (Å²) in [5.41, 5.74) is 4.22. The maximum Gasteiger partial charge on any atom is 0.460 e. The van der Waals surface area contributed by atoms with Gasteiger partial charge in [0.05, 0.1) is 0 Å². The predicted molar refractivity (Wildman–Crippen MR) is 209 cm³/mol. The van der Waals surface area contributed by atoms with Crippen molar-refractivity contribution in [2.75, 3.05) is 0 Å². The van der Waals surface area contributed by atoms with E-state index in [2.05, 4.69) is 0 Å². The maximum atomic E-state index is 6.86. The molecule has 0 fully saturated rings. The van der Waals surface area contributed by atoms with E-state index in [1.54, 1.807) is 0 Å². The quantitative estimate of drug-likeness (QED) is 0.116. The lowest BCUT2D eigenvalue weighted by Crippen LogP contribution is -2.11. The minimum atomic E-state index is -3.92. The average molecular weight is 750 g/mol. The van der Waals surface area contributed by atoms with Crippen LogP contribution in [0.1, 0.15) is 22.3 Å². The molecular formula is C40H38N3O6P3. The summed E-state index contributed by atoms with van der Waals surface area (Å²) in [6, 6.07) is 48.9. The number of para-hydroxylation sites is 2. The van der Waals surface area contributed by atoms with Crippen molar-refractivity contribution in [1.29, 1.82) is 0 Å². The summed E-state index contributed by atoms with van der Waals surface area (Å²) in [6.07, 6.45) is 0. The Balaban J connectivity index is 1.56. The number of benzene rings is 6. The third-order valence-electron chi connectivity index (χ3n) is 7.59. The summed E-state index contributed by atoms with van der Waals surface area (Å²) in [4.78, 5) is 0. The van der Waals surface area contributed by atoms with Crippen LogP contribution in [-0.4, -0.2) is 0 Å². The van der Waals surface area contributed by atoms with Gasteiger partial charge in [-0.3, -0.25) is 0 Å². The molecule has 1 aliphatic rings. The molecule has 0 amide bonds. The Morgan fingerprint density at radius 2 is 0.462 bits per heavy atom. The van der Waals surface area contributed by atoms with Gasteiger partial charge in [-0.1, -0.05) is 121 Å². The number of hydrogen-bond acceptors (Lipinski definition) is 9. The van der Waals surface area contributed by atoms with Gasteiger partial charge in [0.15, 0.2) is 0 Å². The van der Waals surface area contributed by atoms with Crippen molar-refractivity contribution in [2.24, 2.45) is 13.5 Å². The van der Waals surface area contributed by atoms with Crippen molar-refractivity contribution in [2.45, 2.75) is 27.7 Å². The average Bonchev–Trinajstić information content (AvgIpc) is 3.13. The predicted octanol–water partition coefficient (Wildman–Crippen LogP) is 13.5. The smallest absolute Gasteiger partial charge is 0.413 e. The Hall–Kier alpha value is -5.19. The fraction of sp³-hybridized carbons (Fsp3) is 0.100. The van der Waals surface area contributed by atoms with Crippen molar-refractivity contribution >= 4 is 23.0 Å². The zero-order valence-electron chi connectivity index (χ0n) is 29.1. The molecule has 264 valence electrons. The summed E-state index contributed by atoms with van der Waals surface area (Å²) in [5.74, 6) is 2.83. The van der Waals surface area contributed by atoms with Crippen LogP contribution in [0.3, 0.4) is 0 Å². The molecule has 0 aromatic heterocycles. The summed E-state index contributed by atoms with van der Waals surface area (Å²) < 4.78 is 56.8. The highest BCUT2D eigenvalue weighted by Crippen LogP contribution is 2.78. The first-order valence-corrected chi connectivity index (χ1v) is 21.2. The topological polar surface area (TPSA) is 92.5 Å². The van der Waals surface area contributed by atoms with E-state index >= 15 is 0 Å². The summed E-state index contributed by atoms with van der Waals surface area (Å²) >= 11 is 0. The van der Waals surface area contributed by atoms with Crippen molar-refractivity contribution in [3.05, 3.63) is 180 Å². The first-order chi connectivity index (χ1) is 25.2. The van der Waals surface area contributed by atoms with Gasteiger partial charge in [0.2, 0.25) is 0 Å². The summed E-state index contributed by atoms with van der Waals surface area (Å²) in [6.45, 7) is 8.02. The van der Waals surface area contributed by atoms with E-state index in [1.807, 2.05) is 185 Å². The molecule has 0 aliphatic carbocycles. The maximum absolute atomic E-state index is 6.86. The third-order valence-corrected chi connectivity index (χ3v) is 15.7. The molecule has 0 saturated heterocycles. The van der Waals surface area contributed by atoms with Crippen LogP contribution in [0, 0.1) is 27.7 Å². The zero-order valence-corrected chi connectivity index (χ0v) is 31.8. The second-order valence-electron chi connectivity index (χ2n) is 12.2. The van der Waals surface area contributed by atoms with Gasteiger partial charge in [0, 0.05) is 0 Å². The monoisotopic (exact) mass is 749 g/mol. The van der Waals surface area contributed by atoms with Gasteiger partial charge in [0.1, 0.15) is 34.5 Å². The minimum absolute atomic E-state index is 0.467. The highest BCUT2D eigenvalue weighted by molar-refractivity contribution is 7.79. The molecule has 6 aromatic rings.